The summed E-state index contributed by atoms with van der Waals surface area (Å²) in [7, 11) is 0. The maximum Gasteiger partial charge on any atom is 0.272 e. The van der Waals surface area contributed by atoms with Gasteiger partial charge in [-0.2, -0.15) is 0 Å². The molecule has 0 fully saturated rings. The first-order valence-corrected chi connectivity index (χ1v) is 10.7. The lowest BCUT2D eigenvalue weighted by atomic mass is 10.2. The first kappa shape index (κ1) is 20.2. The highest BCUT2D eigenvalue weighted by molar-refractivity contribution is 7.17. The van der Waals surface area contributed by atoms with Crippen molar-refractivity contribution in [2.45, 2.75) is 39.8 Å². The lowest BCUT2D eigenvalue weighted by molar-refractivity contribution is -0.121. The van der Waals surface area contributed by atoms with E-state index >= 15 is 0 Å². The van der Waals surface area contributed by atoms with Gasteiger partial charge >= 0.3 is 0 Å². The van der Waals surface area contributed by atoms with E-state index in [1.165, 1.54) is 17.4 Å². The van der Waals surface area contributed by atoms with Crippen molar-refractivity contribution in [3.05, 3.63) is 63.3 Å². The second-order valence-corrected chi connectivity index (χ2v) is 8.48. The van der Waals surface area contributed by atoms with E-state index in [1.54, 1.807) is 22.8 Å². The van der Waals surface area contributed by atoms with Crippen LogP contribution in [0.2, 0.25) is 0 Å². The number of amides is 1. The van der Waals surface area contributed by atoms with Crippen LogP contribution >= 0.6 is 11.3 Å². The Bertz CT molecular complexity index is 1270. The summed E-state index contributed by atoms with van der Waals surface area (Å²) >= 11 is 1.39. The van der Waals surface area contributed by atoms with Crippen LogP contribution < -0.4 is 10.9 Å². The molecular weight excluding hydrogens is 405 g/mol. The van der Waals surface area contributed by atoms with Crippen LogP contribution in [0, 0.1) is 11.7 Å². The fourth-order valence-corrected chi connectivity index (χ4v) is 4.25. The summed E-state index contributed by atoms with van der Waals surface area (Å²) in [6, 6.07) is 8.23. The minimum atomic E-state index is -0.343. The first-order chi connectivity index (χ1) is 14.5. The number of thiophene rings is 1. The Balaban J connectivity index is 1.56. The van der Waals surface area contributed by atoms with E-state index in [1.807, 2.05) is 29.7 Å². The molecule has 0 radical (unpaired) electrons. The lowest BCUT2D eigenvalue weighted by Gasteiger charge is -2.11. The molecule has 156 valence electrons. The standard InChI is InChI=1S/C21H22FN5O2S/c1-13(2)12-26-20(29)19-16(9-10-30-19)27-17(24-25-21(26)27)7-8-18(28)23-11-14-5-3-4-6-15(14)22/h3-6,9-10,13H,7-8,11-12H2,1-2H3,(H,23,28). The molecule has 3 heterocycles. The normalized spacial score (nSPS) is 11.6. The third-order valence-electron chi connectivity index (χ3n) is 4.84. The second kappa shape index (κ2) is 8.35. The fourth-order valence-electron chi connectivity index (χ4n) is 3.42. The number of fused-ring (bicyclic) bond motifs is 3. The monoisotopic (exact) mass is 427 g/mol. The van der Waals surface area contributed by atoms with E-state index in [4.69, 9.17) is 0 Å². The second-order valence-electron chi connectivity index (χ2n) is 7.56. The van der Waals surface area contributed by atoms with E-state index < -0.39 is 0 Å². The van der Waals surface area contributed by atoms with Crippen molar-refractivity contribution in [1.82, 2.24) is 24.5 Å². The van der Waals surface area contributed by atoms with Gasteiger partial charge in [-0.25, -0.2) is 4.39 Å². The van der Waals surface area contributed by atoms with Crippen LogP contribution in [0.15, 0.2) is 40.5 Å². The molecule has 7 nitrogen and oxygen atoms in total. The van der Waals surface area contributed by atoms with E-state index in [-0.39, 0.29) is 36.2 Å². The topological polar surface area (TPSA) is 81.3 Å². The van der Waals surface area contributed by atoms with Crippen molar-refractivity contribution in [3.8, 4) is 0 Å². The van der Waals surface area contributed by atoms with Crippen LogP contribution in [-0.4, -0.2) is 25.1 Å². The highest BCUT2D eigenvalue weighted by atomic mass is 32.1. The Labute approximate surface area is 176 Å². The SMILES string of the molecule is CC(C)Cn1c(=O)c2sccc2n2c(CCC(=O)NCc3ccccc3F)nnc12. The van der Waals surface area contributed by atoms with Gasteiger partial charge in [0.25, 0.3) is 5.56 Å². The number of nitrogens with one attached hydrogen (secondary N) is 1. The molecule has 1 amide bonds. The van der Waals surface area contributed by atoms with Gasteiger partial charge in [0.1, 0.15) is 16.3 Å². The third-order valence-corrected chi connectivity index (χ3v) is 5.73. The van der Waals surface area contributed by atoms with Crippen LogP contribution in [-0.2, 0) is 24.3 Å². The van der Waals surface area contributed by atoms with Crippen molar-refractivity contribution >= 4 is 33.2 Å². The summed E-state index contributed by atoms with van der Waals surface area (Å²) < 4.78 is 17.9. The molecule has 0 aliphatic heterocycles. The number of nitrogens with zero attached hydrogens (tertiary/aromatic N) is 4. The summed E-state index contributed by atoms with van der Waals surface area (Å²) in [6.07, 6.45) is 0.541. The zero-order valence-electron chi connectivity index (χ0n) is 16.8. The molecule has 3 aromatic heterocycles. The predicted octanol–water partition coefficient (Wildman–Crippen LogP) is 3.15. The number of rotatable bonds is 7. The Morgan fingerprint density at radius 1 is 1.23 bits per heavy atom. The van der Waals surface area contributed by atoms with Crippen molar-refractivity contribution in [2.24, 2.45) is 5.92 Å². The first-order valence-electron chi connectivity index (χ1n) is 9.80. The van der Waals surface area contributed by atoms with E-state index in [9.17, 15) is 14.0 Å². The molecule has 0 aliphatic carbocycles. The summed E-state index contributed by atoms with van der Waals surface area (Å²) in [5.74, 6) is 0.831. The molecular formula is C21H22FN5O2S. The molecule has 9 heteroatoms. The minimum absolute atomic E-state index is 0.0669. The third kappa shape index (κ3) is 3.85. The van der Waals surface area contributed by atoms with Crippen molar-refractivity contribution in [1.29, 1.82) is 0 Å². The molecule has 30 heavy (non-hydrogen) atoms. The number of benzene rings is 1. The average molecular weight is 428 g/mol. The quantitative estimate of drug-likeness (QED) is 0.491. The molecule has 0 aliphatic rings. The number of aryl methyl sites for hydroxylation is 1. The molecule has 0 saturated heterocycles. The van der Waals surface area contributed by atoms with E-state index in [2.05, 4.69) is 15.5 Å². The van der Waals surface area contributed by atoms with Crippen LogP contribution in [0.5, 0.6) is 0 Å². The maximum atomic E-state index is 13.7. The largest absolute Gasteiger partial charge is 0.352 e. The molecule has 0 bridgehead atoms. The van der Waals surface area contributed by atoms with Gasteiger partial charge in [0, 0.05) is 31.5 Å². The summed E-state index contributed by atoms with van der Waals surface area (Å²) in [5.41, 5.74) is 1.13. The average Bonchev–Trinajstić information content (AvgIpc) is 3.35. The van der Waals surface area contributed by atoms with E-state index in [0.717, 1.165) is 5.52 Å². The van der Waals surface area contributed by atoms with Gasteiger partial charge in [-0.3, -0.25) is 18.6 Å². The van der Waals surface area contributed by atoms with Gasteiger partial charge in [0.05, 0.1) is 5.52 Å². The Morgan fingerprint density at radius 3 is 2.80 bits per heavy atom. The minimum Gasteiger partial charge on any atom is -0.352 e. The molecule has 4 rings (SSSR count). The number of carbonyl (C=O) groups is 1. The summed E-state index contributed by atoms with van der Waals surface area (Å²) in [6.45, 7) is 4.75. The van der Waals surface area contributed by atoms with Crippen LogP contribution in [0.1, 0.15) is 31.7 Å². The summed E-state index contributed by atoms with van der Waals surface area (Å²) in [4.78, 5) is 25.2. The lowest BCUT2D eigenvalue weighted by Crippen LogP contribution is -2.25. The van der Waals surface area contributed by atoms with Crippen molar-refractivity contribution in [2.75, 3.05) is 0 Å². The zero-order chi connectivity index (χ0) is 21.3. The zero-order valence-corrected chi connectivity index (χ0v) is 17.6. The molecule has 0 saturated carbocycles. The predicted molar refractivity (Wildman–Crippen MR) is 114 cm³/mol. The van der Waals surface area contributed by atoms with Gasteiger partial charge < -0.3 is 5.32 Å². The Hall–Kier alpha value is -3.07. The Morgan fingerprint density at radius 2 is 2.03 bits per heavy atom. The summed E-state index contributed by atoms with van der Waals surface area (Å²) in [5, 5.41) is 13.1. The smallest absolute Gasteiger partial charge is 0.272 e. The van der Waals surface area contributed by atoms with Gasteiger partial charge in [0.2, 0.25) is 11.7 Å². The Kier molecular flexibility index (Phi) is 5.63. The maximum absolute atomic E-state index is 13.7. The van der Waals surface area contributed by atoms with Gasteiger partial charge in [-0.1, -0.05) is 32.0 Å². The van der Waals surface area contributed by atoms with Crippen molar-refractivity contribution in [3.63, 3.8) is 0 Å². The van der Waals surface area contributed by atoms with Crippen LogP contribution in [0.25, 0.3) is 16.0 Å². The number of aromatic nitrogens is 4. The van der Waals surface area contributed by atoms with Gasteiger partial charge in [0.15, 0.2) is 0 Å². The highest BCUT2D eigenvalue weighted by Crippen LogP contribution is 2.20. The number of hydrogen-bond donors (Lipinski definition) is 1. The molecule has 1 aromatic carbocycles. The fraction of sp³-hybridized carbons (Fsp3) is 0.333. The van der Waals surface area contributed by atoms with Gasteiger partial charge in [-0.05, 0) is 23.4 Å². The molecule has 4 aromatic rings. The molecule has 0 unspecified atom stereocenters. The molecule has 0 spiro atoms. The number of carbonyl (C=O) groups excluding carboxylic acids is 1. The van der Waals surface area contributed by atoms with Gasteiger partial charge in [-0.15, -0.1) is 21.5 Å². The van der Waals surface area contributed by atoms with Crippen LogP contribution in [0.4, 0.5) is 4.39 Å². The highest BCUT2D eigenvalue weighted by Gasteiger charge is 2.18. The number of halogens is 1. The molecule has 1 N–H and O–H groups in total. The van der Waals surface area contributed by atoms with E-state index in [0.29, 0.717) is 34.8 Å². The number of hydrogen-bond acceptors (Lipinski definition) is 5. The van der Waals surface area contributed by atoms with Crippen molar-refractivity contribution < 1.29 is 9.18 Å². The molecule has 0 atom stereocenters. The van der Waals surface area contributed by atoms with Crippen LogP contribution in [0.3, 0.4) is 0 Å².